The van der Waals surface area contributed by atoms with Crippen LogP contribution in [0.2, 0.25) is 5.02 Å². The van der Waals surface area contributed by atoms with Crippen LogP contribution in [0.25, 0.3) is 0 Å². The van der Waals surface area contributed by atoms with Crippen LogP contribution in [0, 0.1) is 13.8 Å². The molecule has 2 aromatic heterocycles. The van der Waals surface area contributed by atoms with Gasteiger partial charge in [-0.3, -0.25) is 4.79 Å². The minimum absolute atomic E-state index is 0.170. The summed E-state index contributed by atoms with van der Waals surface area (Å²) < 4.78 is 5.76. The van der Waals surface area contributed by atoms with Crippen molar-refractivity contribution in [2.24, 2.45) is 0 Å². The van der Waals surface area contributed by atoms with Crippen molar-refractivity contribution < 1.29 is 9.53 Å². The predicted molar refractivity (Wildman–Crippen MR) is 102 cm³/mol. The number of aryl methyl sites for hydroxylation is 2. The second-order valence-electron chi connectivity index (χ2n) is 5.69. The monoisotopic (exact) mass is 372 g/mol. The lowest BCUT2D eigenvalue weighted by Gasteiger charge is -2.06. The van der Waals surface area contributed by atoms with Gasteiger partial charge in [0.25, 0.3) is 5.91 Å². The Bertz CT molecular complexity index is 908. The van der Waals surface area contributed by atoms with Crippen molar-refractivity contribution in [1.82, 2.24) is 4.98 Å². The number of aromatic nitrogens is 1. The van der Waals surface area contributed by atoms with E-state index in [0.29, 0.717) is 22.3 Å². The number of amides is 1. The van der Waals surface area contributed by atoms with Crippen molar-refractivity contribution in [3.8, 4) is 5.75 Å². The van der Waals surface area contributed by atoms with E-state index in [1.807, 2.05) is 55.6 Å². The van der Waals surface area contributed by atoms with E-state index in [1.165, 1.54) is 11.3 Å². The van der Waals surface area contributed by atoms with Crippen molar-refractivity contribution in [3.05, 3.63) is 74.6 Å². The molecule has 1 N–H and O–H groups in total. The second-order valence-corrected chi connectivity index (χ2v) is 7.01. The molecule has 25 heavy (non-hydrogen) atoms. The van der Waals surface area contributed by atoms with Gasteiger partial charge in [0, 0.05) is 16.8 Å². The topological polar surface area (TPSA) is 51.2 Å². The predicted octanol–water partition coefficient (Wildman–Crippen LogP) is 5.24. The highest BCUT2D eigenvalue weighted by Crippen LogP contribution is 2.23. The standard InChI is InChI=1S/C19H17ClN2O2S/c1-12-5-6-21-18(7-12)22-19(23)17-9-14(11-25-17)10-24-15-3-4-16(20)13(2)8-15/h3-9,11H,10H2,1-2H3,(H,21,22,23). The van der Waals surface area contributed by atoms with Gasteiger partial charge in [0.05, 0.1) is 4.88 Å². The molecule has 0 saturated heterocycles. The van der Waals surface area contributed by atoms with E-state index < -0.39 is 0 Å². The van der Waals surface area contributed by atoms with E-state index in [2.05, 4.69) is 10.3 Å². The van der Waals surface area contributed by atoms with E-state index in [4.69, 9.17) is 16.3 Å². The molecule has 3 rings (SSSR count). The largest absolute Gasteiger partial charge is 0.489 e. The van der Waals surface area contributed by atoms with Gasteiger partial charge in [0.2, 0.25) is 0 Å². The first-order valence-electron chi connectivity index (χ1n) is 7.71. The zero-order chi connectivity index (χ0) is 17.8. The number of hydrogen-bond donors (Lipinski definition) is 1. The normalized spacial score (nSPS) is 10.5. The molecule has 0 atom stereocenters. The number of rotatable bonds is 5. The van der Waals surface area contributed by atoms with Crippen LogP contribution in [-0.2, 0) is 6.61 Å². The SMILES string of the molecule is Cc1ccnc(NC(=O)c2cc(COc3ccc(Cl)c(C)c3)cs2)c1. The van der Waals surface area contributed by atoms with Crippen LogP contribution < -0.4 is 10.1 Å². The number of benzene rings is 1. The van der Waals surface area contributed by atoms with Crippen LogP contribution in [0.15, 0.2) is 48.0 Å². The van der Waals surface area contributed by atoms with Gasteiger partial charge >= 0.3 is 0 Å². The summed E-state index contributed by atoms with van der Waals surface area (Å²) in [5.41, 5.74) is 2.96. The number of anilines is 1. The van der Waals surface area contributed by atoms with E-state index >= 15 is 0 Å². The number of thiophene rings is 1. The summed E-state index contributed by atoms with van der Waals surface area (Å²) in [6.07, 6.45) is 1.67. The smallest absolute Gasteiger partial charge is 0.266 e. The van der Waals surface area contributed by atoms with Crippen molar-refractivity contribution in [2.75, 3.05) is 5.32 Å². The van der Waals surface area contributed by atoms with Crippen molar-refractivity contribution in [1.29, 1.82) is 0 Å². The molecule has 0 aliphatic heterocycles. The summed E-state index contributed by atoms with van der Waals surface area (Å²) in [4.78, 5) is 17.1. The number of pyridine rings is 1. The molecule has 6 heteroatoms. The van der Waals surface area contributed by atoms with Crippen LogP contribution in [0.3, 0.4) is 0 Å². The molecule has 1 amide bonds. The van der Waals surface area contributed by atoms with Gasteiger partial charge in [0.15, 0.2) is 0 Å². The Labute approximate surface area is 155 Å². The summed E-state index contributed by atoms with van der Waals surface area (Å²) in [6, 6.07) is 11.1. The molecule has 2 heterocycles. The summed E-state index contributed by atoms with van der Waals surface area (Å²) >= 11 is 7.39. The third kappa shape index (κ3) is 4.59. The van der Waals surface area contributed by atoms with Gasteiger partial charge in [-0.2, -0.15) is 0 Å². The van der Waals surface area contributed by atoms with Crippen LogP contribution in [0.4, 0.5) is 5.82 Å². The molecule has 0 unspecified atom stereocenters. The number of nitrogens with one attached hydrogen (secondary N) is 1. The summed E-state index contributed by atoms with van der Waals surface area (Å²) in [6.45, 7) is 4.28. The highest BCUT2D eigenvalue weighted by atomic mass is 35.5. The number of nitrogens with zero attached hydrogens (tertiary/aromatic N) is 1. The zero-order valence-electron chi connectivity index (χ0n) is 13.9. The highest BCUT2D eigenvalue weighted by molar-refractivity contribution is 7.12. The zero-order valence-corrected chi connectivity index (χ0v) is 15.4. The molecule has 0 bridgehead atoms. The Morgan fingerprint density at radius 3 is 2.84 bits per heavy atom. The molecule has 0 aliphatic rings. The Kier molecular flexibility index (Phi) is 5.36. The first-order valence-corrected chi connectivity index (χ1v) is 8.97. The average Bonchev–Trinajstić information content (AvgIpc) is 3.05. The third-order valence-corrected chi connectivity index (χ3v) is 4.97. The summed E-state index contributed by atoms with van der Waals surface area (Å²) in [5.74, 6) is 1.13. The maximum Gasteiger partial charge on any atom is 0.266 e. The average molecular weight is 373 g/mol. The van der Waals surface area contributed by atoms with Crippen molar-refractivity contribution in [2.45, 2.75) is 20.5 Å². The fraction of sp³-hybridized carbons (Fsp3) is 0.158. The molecule has 1 aromatic carbocycles. The lowest BCUT2D eigenvalue weighted by Crippen LogP contribution is -2.11. The van der Waals surface area contributed by atoms with E-state index in [9.17, 15) is 4.79 Å². The first kappa shape index (κ1) is 17.5. The molecule has 3 aromatic rings. The fourth-order valence-electron chi connectivity index (χ4n) is 2.23. The number of halogens is 1. The Balaban J connectivity index is 1.61. The Hall–Kier alpha value is -2.37. The summed E-state index contributed by atoms with van der Waals surface area (Å²) in [7, 11) is 0. The van der Waals surface area contributed by atoms with Crippen molar-refractivity contribution >= 4 is 34.7 Å². The summed E-state index contributed by atoms with van der Waals surface area (Å²) in [5, 5.41) is 5.44. The molecule has 0 spiro atoms. The molecule has 0 aliphatic carbocycles. The van der Waals surface area contributed by atoms with Gasteiger partial charge in [-0.25, -0.2) is 4.98 Å². The minimum atomic E-state index is -0.170. The molecular weight excluding hydrogens is 356 g/mol. The van der Waals surface area contributed by atoms with Gasteiger partial charge < -0.3 is 10.1 Å². The minimum Gasteiger partial charge on any atom is -0.489 e. The quantitative estimate of drug-likeness (QED) is 0.665. The lowest BCUT2D eigenvalue weighted by molar-refractivity contribution is 0.103. The number of hydrogen-bond acceptors (Lipinski definition) is 4. The van der Waals surface area contributed by atoms with Gasteiger partial charge in [-0.1, -0.05) is 11.6 Å². The van der Waals surface area contributed by atoms with E-state index in [-0.39, 0.29) is 5.91 Å². The number of ether oxygens (including phenoxy) is 1. The van der Waals surface area contributed by atoms with Crippen LogP contribution in [0.5, 0.6) is 5.75 Å². The fourth-order valence-corrected chi connectivity index (χ4v) is 3.14. The number of carbonyl (C=O) groups is 1. The second kappa shape index (κ2) is 7.68. The highest BCUT2D eigenvalue weighted by Gasteiger charge is 2.11. The maximum absolute atomic E-state index is 12.3. The Morgan fingerprint density at radius 1 is 1.24 bits per heavy atom. The maximum atomic E-state index is 12.3. The van der Waals surface area contributed by atoms with Gasteiger partial charge in [-0.05, 0) is 66.8 Å². The lowest BCUT2D eigenvalue weighted by atomic mass is 10.2. The van der Waals surface area contributed by atoms with Crippen molar-refractivity contribution in [3.63, 3.8) is 0 Å². The molecule has 0 saturated carbocycles. The van der Waals surface area contributed by atoms with Gasteiger partial charge in [0.1, 0.15) is 18.2 Å². The molecule has 4 nitrogen and oxygen atoms in total. The van der Waals surface area contributed by atoms with E-state index in [0.717, 1.165) is 22.4 Å². The van der Waals surface area contributed by atoms with Crippen LogP contribution >= 0.6 is 22.9 Å². The van der Waals surface area contributed by atoms with Gasteiger partial charge in [-0.15, -0.1) is 11.3 Å². The van der Waals surface area contributed by atoms with E-state index in [1.54, 1.807) is 6.20 Å². The molecular formula is C19H17ClN2O2S. The number of carbonyl (C=O) groups excluding carboxylic acids is 1. The third-order valence-electron chi connectivity index (χ3n) is 3.57. The molecule has 0 radical (unpaired) electrons. The Morgan fingerprint density at radius 2 is 2.08 bits per heavy atom. The van der Waals surface area contributed by atoms with Crippen LogP contribution in [0.1, 0.15) is 26.4 Å². The molecule has 128 valence electrons. The first-order chi connectivity index (χ1) is 12.0. The molecule has 0 fully saturated rings. The van der Waals surface area contributed by atoms with Crippen LogP contribution in [-0.4, -0.2) is 10.9 Å².